The van der Waals surface area contributed by atoms with E-state index in [2.05, 4.69) is 31.3 Å². The van der Waals surface area contributed by atoms with Crippen LogP contribution < -0.4 is 14.8 Å². The second-order valence-electron chi connectivity index (χ2n) is 7.92. The van der Waals surface area contributed by atoms with Gasteiger partial charge in [0.05, 0.1) is 13.2 Å². The number of amides is 1. The van der Waals surface area contributed by atoms with Gasteiger partial charge in [0.15, 0.2) is 6.10 Å². The Hall–Kier alpha value is -2.49. The van der Waals surface area contributed by atoms with E-state index in [0.717, 1.165) is 39.3 Å². The molecule has 0 unspecified atom stereocenters. The molecule has 0 heterocycles. The van der Waals surface area contributed by atoms with Gasteiger partial charge in [-0.15, -0.1) is 0 Å². The lowest BCUT2D eigenvalue weighted by Gasteiger charge is -2.23. The molecular formula is C24H33NO3. The molecule has 2 aromatic carbocycles. The van der Waals surface area contributed by atoms with Crippen LogP contribution >= 0.6 is 0 Å². The number of methoxy groups -OCH3 is 1. The van der Waals surface area contributed by atoms with E-state index in [1.807, 2.05) is 45.9 Å². The Labute approximate surface area is 169 Å². The van der Waals surface area contributed by atoms with Gasteiger partial charge in [-0.3, -0.25) is 4.79 Å². The maximum atomic E-state index is 12.7. The zero-order chi connectivity index (χ0) is 21.0. The summed E-state index contributed by atoms with van der Waals surface area (Å²) >= 11 is 0. The lowest BCUT2D eigenvalue weighted by atomic mass is 9.93. The molecule has 4 heteroatoms. The molecule has 0 aliphatic heterocycles. The minimum Gasteiger partial charge on any atom is -0.496 e. The zero-order valence-electron chi connectivity index (χ0n) is 18.3. The number of ether oxygens (including phenoxy) is 2. The first-order valence-corrected chi connectivity index (χ1v) is 9.86. The number of benzene rings is 2. The summed E-state index contributed by atoms with van der Waals surface area (Å²) in [6, 6.07) is 10.0. The lowest BCUT2D eigenvalue weighted by molar-refractivity contribution is -0.127. The quantitative estimate of drug-likeness (QED) is 0.697. The first kappa shape index (κ1) is 21.8. The molecule has 0 radical (unpaired) electrons. The predicted octanol–water partition coefficient (Wildman–Crippen LogP) is 5.39. The van der Waals surface area contributed by atoms with Crippen molar-refractivity contribution in [1.29, 1.82) is 0 Å². The molecule has 0 spiro atoms. The fraction of sp³-hybridized carbons (Fsp3) is 0.458. The summed E-state index contributed by atoms with van der Waals surface area (Å²) in [5, 5.41) is 3.09. The van der Waals surface area contributed by atoms with E-state index in [1.54, 1.807) is 14.0 Å². The summed E-state index contributed by atoms with van der Waals surface area (Å²) in [5.74, 6) is 1.81. The second-order valence-corrected chi connectivity index (χ2v) is 7.92. The predicted molar refractivity (Wildman–Crippen MR) is 114 cm³/mol. The molecular weight excluding hydrogens is 350 g/mol. The molecule has 2 atom stereocenters. The fourth-order valence-corrected chi connectivity index (χ4v) is 3.48. The minimum atomic E-state index is -0.577. The highest BCUT2D eigenvalue weighted by Gasteiger charge is 2.20. The molecule has 2 rings (SSSR count). The molecule has 0 bridgehead atoms. The molecule has 0 saturated heterocycles. The highest BCUT2D eigenvalue weighted by Crippen LogP contribution is 2.32. The molecule has 0 aliphatic rings. The van der Waals surface area contributed by atoms with Crippen molar-refractivity contribution < 1.29 is 14.3 Å². The molecule has 4 nitrogen and oxygen atoms in total. The Kier molecular flexibility index (Phi) is 7.11. The van der Waals surface area contributed by atoms with Gasteiger partial charge in [0.2, 0.25) is 0 Å². The Bertz CT molecular complexity index is 822. The minimum absolute atomic E-state index is 0.124. The molecule has 1 amide bonds. The molecule has 2 aromatic rings. The van der Waals surface area contributed by atoms with Gasteiger partial charge in [-0.25, -0.2) is 0 Å². The molecule has 0 aliphatic carbocycles. The van der Waals surface area contributed by atoms with Crippen molar-refractivity contribution in [3.8, 4) is 11.5 Å². The third-order valence-corrected chi connectivity index (χ3v) is 4.94. The van der Waals surface area contributed by atoms with Crippen molar-refractivity contribution in [3.63, 3.8) is 0 Å². The molecule has 0 aromatic heterocycles. The maximum absolute atomic E-state index is 12.7. The molecule has 28 heavy (non-hydrogen) atoms. The molecule has 0 fully saturated rings. The number of hydrogen-bond acceptors (Lipinski definition) is 3. The van der Waals surface area contributed by atoms with Crippen LogP contribution in [0.4, 0.5) is 0 Å². The van der Waals surface area contributed by atoms with Gasteiger partial charge in [-0.2, -0.15) is 0 Å². The van der Waals surface area contributed by atoms with Gasteiger partial charge in [0.1, 0.15) is 11.5 Å². The van der Waals surface area contributed by atoms with E-state index in [0.29, 0.717) is 5.92 Å². The smallest absolute Gasteiger partial charge is 0.261 e. The Morgan fingerprint density at radius 2 is 1.50 bits per heavy atom. The summed E-state index contributed by atoms with van der Waals surface area (Å²) in [5.41, 5.74) is 5.56. The highest BCUT2D eigenvalue weighted by molar-refractivity contribution is 5.81. The second kappa shape index (κ2) is 9.13. The summed E-state index contributed by atoms with van der Waals surface area (Å²) < 4.78 is 11.4. The van der Waals surface area contributed by atoms with E-state index < -0.39 is 6.10 Å². The SMILES string of the molecule is COc1cc(C)c([C@H](C)NC(=O)[C@H](C)Oc2cc(C)cc(C)c2)cc1C(C)C. The highest BCUT2D eigenvalue weighted by atomic mass is 16.5. The van der Waals surface area contributed by atoms with Gasteiger partial charge >= 0.3 is 0 Å². The first-order chi connectivity index (χ1) is 13.1. The lowest BCUT2D eigenvalue weighted by Crippen LogP contribution is -2.38. The third kappa shape index (κ3) is 5.28. The van der Waals surface area contributed by atoms with Gasteiger partial charge in [0, 0.05) is 0 Å². The van der Waals surface area contributed by atoms with Gasteiger partial charge < -0.3 is 14.8 Å². The van der Waals surface area contributed by atoms with Crippen molar-refractivity contribution >= 4 is 5.91 Å². The van der Waals surface area contributed by atoms with E-state index in [9.17, 15) is 4.79 Å². The van der Waals surface area contributed by atoms with Crippen LogP contribution in [0.2, 0.25) is 0 Å². The van der Waals surface area contributed by atoms with Crippen molar-refractivity contribution in [2.45, 2.75) is 66.5 Å². The maximum Gasteiger partial charge on any atom is 0.261 e. The number of rotatable bonds is 7. The van der Waals surface area contributed by atoms with E-state index in [-0.39, 0.29) is 11.9 Å². The normalized spacial score (nSPS) is 13.2. The molecule has 0 saturated carbocycles. The van der Waals surface area contributed by atoms with Crippen LogP contribution in [0.1, 0.15) is 67.5 Å². The number of carbonyl (C=O) groups excluding carboxylic acids is 1. The number of hydrogen-bond donors (Lipinski definition) is 1. The summed E-state index contributed by atoms with van der Waals surface area (Å²) in [7, 11) is 1.69. The van der Waals surface area contributed by atoms with Crippen molar-refractivity contribution in [1.82, 2.24) is 5.32 Å². The summed E-state index contributed by atoms with van der Waals surface area (Å²) in [4.78, 5) is 12.7. The monoisotopic (exact) mass is 383 g/mol. The summed E-state index contributed by atoms with van der Waals surface area (Å²) in [6.45, 7) is 14.1. The van der Waals surface area contributed by atoms with E-state index in [4.69, 9.17) is 9.47 Å². The summed E-state index contributed by atoms with van der Waals surface area (Å²) in [6.07, 6.45) is -0.577. The van der Waals surface area contributed by atoms with Crippen LogP contribution in [0.3, 0.4) is 0 Å². The van der Waals surface area contributed by atoms with Crippen LogP contribution in [0.15, 0.2) is 30.3 Å². The Morgan fingerprint density at radius 1 is 0.893 bits per heavy atom. The first-order valence-electron chi connectivity index (χ1n) is 9.86. The van der Waals surface area contributed by atoms with Gasteiger partial charge in [0.25, 0.3) is 5.91 Å². The fourth-order valence-electron chi connectivity index (χ4n) is 3.48. The Balaban J connectivity index is 2.14. The Morgan fingerprint density at radius 3 is 2.04 bits per heavy atom. The van der Waals surface area contributed by atoms with Crippen LogP contribution in [0.5, 0.6) is 11.5 Å². The van der Waals surface area contributed by atoms with Crippen molar-refractivity contribution in [3.05, 3.63) is 58.1 Å². The zero-order valence-corrected chi connectivity index (χ0v) is 18.3. The largest absolute Gasteiger partial charge is 0.496 e. The van der Waals surface area contributed by atoms with Crippen LogP contribution in [0, 0.1) is 20.8 Å². The van der Waals surface area contributed by atoms with Crippen LogP contribution in [0.25, 0.3) is 0 Å². The number of aryl methyl sites for hydroxylation is 3. The van der Waals surface area contributed by atoms with E-state index in [1.165, 1.54) is 0 Å². The van der Waals surface area contributed by atoms with Crippen molar-refractivity contribution in [2.75, 3.05) is 7.11 Å². The average molecular weight is 384 g/mol. The third-order valence-electron chi connectivity index (χ3n) is 4.94. The molecule has 152 valence electrons. The van der Waals surface area contributed by atoms with Crippen molar-refractivity contribution in [2.24, 2.45) is 0 Å². The number of carbonyl (C=O) groups is 1. The standard InChI is InChI=1S/C24H33NO3/c1-14(2)21-13-22(17(5)12-23(21)27-8)18(6)25-24(26)19(7)28-20-10-15(3)9-16(4)11-20/h9-14,18-19H,1-8H3,(H,25,26)/t18-,19-/m0/s1. The number of nitrogens with one attached hydrogen (secondary N) is 1. The van der Waals surface area contributed by atoms with Gasteiger partial charge in [-0.05, 0) is 92.6 Å². The van der Waals surface area contributed by atoms with E-state index >= 15 is 0 Å². The van der Waals surface area contributed by atoms with Crippen LogP contribution in [-0.2, 0) is 4.79 Å². The topological polar surface area (TPSA) is 47.6 Å². The molecule has 1 N–H and O–H groups in total. The van der Waals surface area contributed by atoms with Crippen LogP contribution in [-0.4, -0.2) is 19.1 Å². The van der Waals surface area contributed by atoms with Gasteiger partial charge in [-0.1, -0.05) is 19.9 Å². The average Bonchev–Trinajstić information content (AvgIpc) is 2.59.